The summed E-state index contributed by atoms with van der Waals surface area (Å²) in [7, 11) is 0. The van der Waals surface area contributed by atoms with Gasteiger partial charge in [-0.1, -0.05) is 0 Å². The van der Waals surface area contributed by atoms with E-state index in [4.69, 9.17) is 5.73 Å². The zero-order valence-corrected chi connectivity index (χ0v) is 11.0. The highest BCUT2D eigenvalue weighted by Crippen LogP contribution is 2.08. The van der Waals surface area contributed by atoms with Gasteiger partial charge in [-0.25, -0.2) is 9.07 Å². The predicted octanol–water partition coefficient (Wildman–Crippen LogP) is -0.387. The molecule has 1 saturated heterocycles. The maximum absolute atomic E-state index is 13.6. The van der Waals surface area contributed by atoms with Gasteiger partial charge in [-0.05, 0) is 19.0 Å². The number of halogens is 2. The van der Waals surface area contributed by atoms with Crippen LogP contribution < -0.4 is 22.0 Å². The third kappa shape index (κ3) is 3.68. The van der Waals surface area contributed by atoms with E-state index in [0.717, 1.165) is 4.68 Å². The summed E-state index contributed by atoms with van der Waals surface area (Å²) in [6.45, 7) is 0.935. The first-order valence-corrected chi connectivity index (χ1v) is 5.72. The summed E-state index contributed by atoms with van der Waals surface area (Å²) < 4.78 is 14.7. The number of hydrogen-bond donors (Lipinski definition) is 3. The van der Waals surface area contributed by atoms with Crippen LogP contribution in [0.2, 0.25) is 0 Å². The molecule has 0 saturated carbocycles. The van der Waals surface area contributed by atoms with Gasteiger partial charge in [0.15, 0.2) is 0 Å². The number of nitrogens with one attached hydrogen (secondary N) is 2. The zero-order chi connectivity index (χ0) is 13.1. The van der Waals surface area contributed by atoms with E-state index in [1.807, 2.05) is 0 Å². The quantitative estimate of drug-likeness (QED) is 0.707. The molecule has 1 amide bonds. The number of nitrogens with two attached hydrogens (primary N) is 1. The fourth-order valence-corrected chi connectivity index (χ4v) is 1.88. The van der Waals surface area contributed by atoms with Crippen LogP contribution in [-0.2, 0) is 0 Å². The van der Waals surface area contributed by atoms with Crippen molar-refractivity contribution in [3.8, 4) is 0 Å². The van der Waals surface area contributed by atoms with Crippen molar-refractivity contribution in [3.05, 3.63) is 34.2 Å². The van der Waals surface area contributed by atoms with Crippen molar-refractivity contribution < 1.29 is 9.18 Å². The van der Waals surface area contributed by atoms with Crippen molar-refractivity contribution in [2.45, 2.75) is 18.6 Å². The molecular weight excluding hydrogens is 275 g/mol. The van der Waals surface area contributed by atoms with Gasteiger partial charge >= 0.3 is 0 Å². The fraction of sp³-hybridized carbons (Fsp3) is 0.455. The monoisotopic (exact) mass is 290 g/mol. The van der Waals surface area contributed by atoms with Gasteiger partial charge in [0.25, 0.3) is 5.56 Å². The number of amides is 1. The van der Waals surface area contributed by atoms with Crippen LogP contribution in [0.4, 0.5) is 4.39 Å². The van der Waals surface area contributed by atoms with Crippen molar-refractivity contribution in [2.75, 3.05) is 18.5 Å². The molecule has 1 aromatic rings. The van der Waals surface area contributed by atoms with Crippen LogP contribution in [0.25, 0.3) is 0 Å². The van der Waals surface area contributed by atoms with Crippen LogP contribution in [0.3, 0.4) is 0 Å². The van der Waals surface area contributed by atoms with E-state index in [1.165, 1.54) is 18.3 Å². The van der Waals surface area contributed by atoms with Crippen LogP contribution in [0.5, 0.6) is 0 Å². The lowest BCUT2D eigenvalue weighted by Gasteiger charge is -2.28. The number of carbonyl (C=O) groups is 1. The Morgan fingerprint density at radius 2 is 2.26 bits per heavy atom. The molecule has 19 heavy (non-hydrogen) atoms. The minimum atomic E-state index is -1.08. The number of aromatic nitrogens is 1. The summed E-state index contributed by atoms with van der Waals surface area (Å²) >= 11 is 0. The second kappa shape index (κ2) is 6.53. The van der Waals surface area contributed by atoms with Crippen LogP contribution in [0.1, 0.15) is 16.8 Å². The second-order valence-electron chi connectivity index (χ2n) is 4.23. The highest BCUT2D eigenvalue weighted by Gasteiger charge is 2.24. The smallest absolute Gasteiger partial charge is 0.268 e. The molecule has 4 N–H and O–H groups in total. The van der Waals surface area contributed by atoms with Crippen molar-refractivity contribution in [1.82, 2.24) is 9.99 Å². The Kier molecular flexibility index (Phi) is 5.31. The number of carbonyl (C=O) groups excluding carboxylic acids is 1. The topological polar surface area (TPSA) is 89.2 Å². The molecule has 0 aliphatic carbocycles. The molecule has 1 aromatic heterocycles. The maximum Gasteiger partial charge on any atom is 0.268 e. The minimum absolute atomic E-state index is 0. The van der Waals surface area contributed by atoms with Gasteiger partial charge in [0.05, 0.1) is 11.6 Å². The van der Waals surface area contributed by atoms with E-state index >= 15 is 0 Å². The van der Waals surface area contributed by atoms with E-state index in [1.54, 1.807) is 0 Å². The Labute approximate surface area is 115 Å². The van der Waals surface area contributed by atoms with Crippen molar-refractivity contribution in [2.24, 2.45) is 5.73 Å². The average molecular weight is 291 g/mol. The Morgan fingerprint density at radius 1 is 1.53 bits per heavy atom. The highest BCUT2D eigenvalue weighted by atomic mass is 35.5. The van der Waals surface area contributed by atoms with Crippen LogP contribution in [0, 0.1) is 0 Å². The van der Waals surface area contributed by atoms with Gasteiger partial charge in [-0.3, -0.25) is 9.59 Å². The summed E-state index contributed by atoms with van der Waals surface area (Å²) in [4.78, 5) is 22.6. The molecule has 1 aliphatic heterocycles. The Bertz CT molecular complexity index is 508. The Hall–Kier alpha value is -1.60. The third-order valence-electron chi connectivity index (χ3n) is 2.91. The lowest BCUT2D eigenvalue weighted by atomic mass is 10.1. The molecule has 6 nitrogen and oxygen atoms in total. The third-order valence-corrected chi connectivity index (χ3v) is 2.91. The van der Waals surface area contributed by atoms with E-state index in [2.05, 4.69) is 10.7 Å². The number of nitrogens with zero attached hydrogens (tertiary/aromatic N) is 1. The molecule has 8 heteroatoms. The van der Waals surface area contributed by atoms with E-state index in [-0.39, 0.29) is 30.1 Å². The number of pyridine rings is 1. The lowest BCUT2D eigenvalue weighted by molar-refractivity contribution is 0.0999. The second-order valence-corrected chi connectivity index (χ2v) is 4.23. The van der Waals surface area contributed by atoms with Crippen molar-refractivity contribution in [1.29, 1.82) is 0 Å². The summed E-state index contributed by atoms with van der Waals surface area (Å²) in [5.74, 6) is -0.632. The highest BCUT2D eigenvalue weighted by molar-refractivity contribution is 5.92. The van der Waals surface area contributed by atoms with Gasteiger partial charge < -0.3 is 16.5 Å². The van der Waals surface area contributed by atoms with E-state index in [0.29, 0.717) is 13.0 Å². The molecule has 2 heterocycles. The number of rotatable bonds is 3. The Morgan fingerprint density at radius 3 is 2.89 bits per heavy atom. The molecule has 1 fully saturated rings. The van der Waals surface area contributed by atoms with Crippen LogP contribution in [-0.4, -0.2) is 35.9 Å². The largest absolute Gasteiger partial charge is 0.366 e. The minimum Gasteiger partial charge on any atom is -0.366 e. The molecular formula is C11H16ClFN4O2. The van der Waals surface area contributed by atoms with Gasteiger partial charge in [-0.15, -0.1) is 12.4 Å². The summed E-state index contributed by atoms with van der Waals surface area (Å²) in [6, 6.07) is 2.12. The molecule has 2 atom stereocenters. The maximum atomic E-state index is 13.6. The first-order chi connectivity index (χ1) is 8.58. The van der Waals surface area contributed by atoms with Gasteiger partial charge in [0.1, 0.15) is 6.17 Å². The van der Waals surface area contributed by atoms with Gasteiger partial charge in [0.2, 0.25) is 5.91 Å². The number of primary amides is 1. The summed E-state index contributed by atoms with van der Waals surface area (Å²) in [6.07, 6.45) is 0.774. The van der Waals surface area contributed by atoms with Crippen LogP contribution >= 0.6 is 12.4 Å². The zero-order valence-electron chi connectivity index (χ0n) is 10.1. The normalized spacial score (nSPS) is 22.4. The standard InChI is InChI=1S/C11H15FN4O2.ClH/c12-8-5-14-4-3-9(8)15-16-6-7(11(13)18)1-2-10(16)17;/h1-2,6,8-9,14-15H,3-5H2,(H2,13,18);1H/t8-,9+;/m0./s1. The summed E-state index contributed by atoms with van der Waals surface area (Å²) in [5.41, 5.74) is 7.75. The first kappa shape index (κ1) is 15.5. The van der Waals surface area contributed by atoms with Gasteiger partial charge in [-0.2, -0.15) is 0 Å². The Balaban J connectivity index is 0.00000180. The van der Waals surface area contributed by atoms with Gasteiger partial charge in [0, 0.05) is 18.8 Å². The molecule has 1 aliphatic rings. The molecule has 0 aromatic carbocycles. The van der Waals surface area contributed by atoms with Crippen LogP contribution in [0.15, 0.2) is 23.1 Å². The molecule has 106 valence electrons. The first-order valence-electron chi connectivity index (χ1n) is 5.72. The molecule has 0 radical (unpaired) electrons. The fourth-order valence-electron chi connectivity index (χ4n) is 1.88. The number of piperidine rings is 1. The molecule has 0 unspecified atom stereocenters. The molecule has 2 rings (SSSR count). The van der Waals surface area contributed by atoms with E-state index in [9.17, 15) is 14.0 Å². The summed E-state index contributed by atoms with van der Waals surface area (Å²) in [5, 5.41) is 2.92. The van der Waals surface area contributed by atoms with E-state index < -0.39 is 18.1 Å². The number of alkyl halides is 1. The molecule has 0 bridgehead atoms. The number of hydrogen-bond acceptors (Lipinski definition) is 4. The lowest BCUT2D eigenvalue weighted by Crippen LogP contribution is -2.49. The average Bonchev–Trinajstić information content (AvgIpc) is 2.34. The SMILES string of the molecule is Cl.NC(=O)c1ccc(=O)n(N[C@@H]2CCNC[C@@H]2F)c1. The predicted molar refractivity (Wildman–Crippen MR) is 72.0 cm³/mol. The molecule has 0 spiro atoms. The van der Waals surface area contributed by atoms with Crippen molar-refractivity contribution in [3.63, 3.8) is 0 Å². The van der Waals surface area contributed by atoms with Crippen molar-refractivity contribution >= 4 is 18.3 Å².